The van der Waals surface area contributed by atoms with Crippen molar-refractivity contribution in [1.29, 1.82) is 0 Å². The van der Waals surface area contributed by atoms with Crippen molar-refractivity contribution >= 4 is 57.8 Å². The number of rotatable bonds is 7. The minimum absolute atomic E-state index is 0.195. The Morgan fingerprint density at radius 2 is 2.24 bits per heavy atom. The fraction of sp³-hybridized carbons (Fsp3) is 0.188. The Bertz CT molecular complexity index is 780. The summed E-state index contributed by atoms with van der Waals surface area (Å²) in [5, 5.41) is 0.230. The molecule has 0 bridgehead atoms. The third-order valence-electron chi connectivity index (χ3n) is 3.09. The number of halogens is 1. The number of methoxy groups -OCH3 is 1. The molecule has 1 fully saturated rings. The van der Waals surface area contributed by atoms with E-state index in [0.29, 0.717) is 27.1 Å². The molecular weight excluding hydrogens is 384 g/mol. The number of nitrogens with zero attached hydrogens (tertiary/aromatic N) is 1. The lowest BCUT2D eigenvalue weighted by atomic mass is 10.1. The lowest BCUT2D eigenvalue weighted by molar-refractivity contribution is -0.122. The third-order valence-corrected chi connectivity index (χ3v) is 4.75. The average molecular weight is 399 g/mol. The first kappa shape index (κ1) is 19.3. The van der Waals surface area contributed by atoms with E-state index in [1.54, 1.807) is 24.3 Å². The molecule has 2 N–H and O–H groups in total. The molecule has 1 aliphatic rings. The second-order valence-corrected chi connectivity index (χ2v) is 6.95. The molecule has 6 nitrogen and oxygen atoms in total. The quantitative estimate of drug-likeness (QED) is 0.432. The summed E-state index contributed by atoms with van der Waals surface area (Å²) in [6.07, 6.45) is 3.27. The van der Waals surface area contributed by atoms with Crippen molar-refractivity contribution in [3.8, 4) is 11.5 Å². The summed E-state index contributed by atoms with van der Waals surface area (Å²) in [5.74, 6) is -0.298. The summed E-state index contributed by atoms with van der Waals surface area (Å²) in [7, 11) is 1.44. The van der Waals surface area contributed by atoms with Gasteiger partial charge in [0.1, 0.15) is 4.32 Å². The van der Waals surface area contributed by atoms with Crippen LogP contribution in [0.4, 0.5) is 0 Å². The van der Waals surface area contributed by atoms with E-state index >= 15 is 0 Å². The number of amides is 2. The average Bonchev–Trinajstić information content (AvgIpc) is 2.81. The SMILES string of the molecule is C=CCN1C(=O)/C(=C\c2cc(Cl)c(OCC(N)=O)c(OC)c2)SC1=S. The predicted octanol–water partition coefficient (Wildman–Crippen LogP) is 2.60. The maximum atomic E-state index is 12.4. The maximum Gasteiger partial charge on any atom is 0.266 e. The van der Waals surface area contributed by atoms with Crippen molar-refractivity contribution in [3.63, 3.8) is 0 Å². The summed E-state index contributed by atoms with van der Waals surface area (Å²) in [4.78, 5) is 25.2. The van der Waals surface area contributed by atoms with Gasteiger partial charge in [-0.3, -0.25) is 14.5 Å². The first-order valence-corrected chi connectivity index (χ1v) is 8.62. The molecule has 0 unspecified atom stereocenters. The van der Waals surface area contributed by atoms with Crippen LogP contribution in [0, 0.1) is 0 Å². The van der Waals surface area contributed by atoms with Crippen molar-refractivity contribution in [1.82, 2.24) is 4.90 Å². The molecule has 2 amide bonds. The monoisotopic (exact) mass is 398 g/mol. The van der Waals surface area contributed by atoms with Gasteiger partial charge in [0.25, 0.3) is 11.8 Å². The second kappa shape index (κ2) is 8.37. The number of benzene rings is 1. The molecule has 9 heteroatoms. The van der Waals surface area contributed by atoms with Crippen molar-refractivity contribution < 1.29 is 19.1 Å². The van der Waals surface area contributed by atoms with Crippen LogP contribution in [0.5, 0.6) is 11.5 Å². The number of hydrogen-bond acceptors (Lipinski definition) is 6. The molecule has 1 aliphatic heterocycles. The van der Waals surface area contributed by atoms with Gasteiger partial charge in [-0.15, -0.1) is 6.58 Å². The molecule has 0 radical (unpaired) electrons. The Hall–Kier alpha value is -2.03. The molecule has 2 rings (SSSR count). The first-order chi connectivity index (χ1) is 11.9. The Labute approximate surface area is 159 Å². The van der Waals surface area contributed by atoms with Crippen LogP contribution in [0.25, 0.3) is 6.08 Å². The number of carbonyl (C=O) groups is 2. The number of ether oxygens (including phenoxy) is 2. The summed E-state index contributed by atoms with van der Waals surface area (Å²) >= 11 is 12.6. The van der Waals surface area contributed by atoms with Crippen LogP contribution in [0.15, 0.2) is 29.7 Å². The van der Waals surface area contributed by atoms with Gasteiger partial charge < -0.3 is 15.2 Å². The minimum atomic E-state index is -0.631. The van der Waals surface area contributed by atoms with E-state index in [2.05, 4.69) is 6.58 Å². The Morgan fingerprint density at radius 1 is 1.52 bits per heavy atom. The maximum absolute atomic E-state index is 12.4. The van der Waals surface area contributed by atoms with Gasteiger partial charge in [-0.05, 0) is 23.8 Å². The lowest BCUT2D eigenvalue weighted by Crippen LogP contribution is -2.27. The smallest absolute Gasteiger partial charge is 0.266 e. The van der Waals surface area contributed by atoms with Gasteiger partial charge in [-0.25, -0.2) is 0 Å². The number of hydrogen-bond donors (Lipinski definition) is 1. The largest absolute Gasteiger partial charge is 0.493 e. The fourth-order valence-corrected chi connectivity index (χ4v) is 3.59. The van der Waals surface area contributed by atoms with Crippen LogP contribution in [0.3, 0.4) is 0 Å². The number of nitrogens with two attached hydrogens (primary N) is 1. The van der Waals surface area contributed by atoms with E-state index in [4.69, 9.17) is 39.0 Å². The van der Waals surface area contributed by atoms with Crippen molar-refractivity contribution in [2.75, 3.05) is 20.3 Å². The second-order valence-electron chi connectivity index (χ2n) is 4.87. The van der Waals surface area contributed by atoms with Gasteiger partial charge in [0.05, 0.1) is 17.0 Å². The Balaban J connectivity index is 2.33. The van der Waals surface area contributed by atoms with Crippen molar-refractivity contribution in [2.45, 2.75) is 0 Å². The number of primary amides is 1. The van der Waals surface area contributed by atoms with Gasteiger partial charge >= 0.3 is 0 Å². The molecule has 1 aromatic rings. The molecule has 132 valence electrons. The van der Waals surface area contributed by atoms with Gasteiger partial charge in [-0.1, -0.05) is 41.7 Å². The van der Waals surface area contributed by atoms with E-state index in [1.165, 1.54) is 23.8 Å². The summed E-state index contributed by atoms with van der Waals surface area (Å²) in [6, 6.07) is 3.24. The molecule has 1 aromatic carbocycles. The van der Waals surface area contributed by atoms with Gasteiger partial charge in [0.15, 0.2) is 18.1 Å². The third kappa shape index (κ3) is 4.53. The zero-order chi connectivity index (χ0) is 18.6. The van der Waals surface area contributed by atoms with E-state index in [-0.39, 0.29) is 23.3 Å². The minimum Gasteiger partial charge on any atom is -0.493 e. The molecule has 0 aromatic heterocycles. The van der Waals surface area contributed by atoms with Gasteiger partial charge in [-0.2, -0.15) is 0 Å². The van der Waals surface area contributed by atoms with Crippen LogP contribution in [0.1, 0.15) is 5.56 Å². The predicted molar refractivity (Wildman–Crippen MR) is 103 cm³/mol. The molecule has 0 atom stereocenters. The molecule has 1 saturated heterocycles. The highest BCUT2D eigenvalue weighted by molar-refractivity contribution is 8.26. The van der Waals surface area contributed by atoms with Crippen molar-refractivity contribution in [3.05, 3.63) is 40.3 Å². The van der Waals surface area contributed by atoms with Gasteiger partial charge in [0.2, 0.25) is 0 Å². The van der Waals surface area contributed by atoms with E-state index in [1.807, 2.05) is 0 Å². The topological polar surface area (TPSA) is 81.9 Å². The van der Waals surface area contributed by atoms with Crippen LogP contribution in [0.2, 0.25) is 5.02 Å². The fourth-order valence-electron chi connectivity index (χ4n) is 2.04. The molecular formula is C16H15ClN2O4S2. The highest BCUT2D eigenvalue weighted by Crippen LogP contribution is 2.38. The molecule has 0 spiro atoms. The summed E-state index contributed by atoms with van der Waals surface area (Å²) in [5.41, 5.74) is 5.70. The van der Waals surface area contributed by atoms with Crippen LogP contribution >= 0.6 is 35.6 Å². The van der Waals surface area contributed by atoms with E-state index in [9.17, 15) is 9.59 Å². The molecule has 25 heavy (non-hydrogen) atoms. The van der Waals surface area contributed by atoms with Gasteiger partial charge in [0, 0.05) is 6.54 Å². The van der Waals surface area contributed by atoms with E-state index < -0.39 is 5.91 Å². The van der Waals surface area contributed by atoms with Crippen LogP contribution in [-0.4, -0.2) is 41.3 Å². The number of thioether (sulfide) groups is 1. The molecule has 0 aliphatic carbocycles. The Kier molecular flexibility index (Phi) is 6.46. The zero-order valence-electron chi connectivity index (χ0n) is 13.3. The highest BCUT2D eigenvalue weighted by atomic mass is 35.5. The van der Waals surface area contributed by atoms with Crippen LogP contribution in [-0.2, 0) is 9.59 Å². The normalized spacial score (nSPS) is 15.6. The first-order valence-electron chi connectivity index (χ1n) is 7.02. The van der Waals surface area contributed by atoms with Crippen molar-refractivity contribution in [2.24, 2.45) is 5.73 Å². The number of thiocarbonyl (C=S) groups is 1. The highest BCUT2D eigenvalue weighted by Gasteiger charge is 2.31. The molecule has 0 saturated carbocycles. The zero-order valence-corrected chi connectivity index (χ0v) is 15.7. The summed E-state index contributed by atoms with van der Waals surface area (Å²) in [6.45, 7) is 3.64. The Morgan fingerprint density at radius 3 is 2.84 bits per heavy atom. The van der Waals surface area contributed by atoms with Crippen LogP contribution < -0.4 is 15.2 Å². The lowest BCUT2D eigenvalue weighted by Gasteiger charge is -2.12. The summed E-state index contributed by atoms with van der Waals surface area (Å²) < 4.78 is 11.0. The molecule has 1 heterocycles. The van der Waals surface area contributed by atoms with E-state index in [0.717, 1.165) is 0 Å². The standard InChI is InChI=1S/C16H15ClN2O4S2/c1-3-4-19-15(21)12(25-16(19)24)7-9-5-10(17)14(11(6-9)22-2)23-8-13(18)20/h3,5-7H,1,4,8H2,2H3,(H2,18,20)/b12-7+. The number of carbonyl (C=O) groups excluding carboxylic acids is 2.